The van der Waals surface area contributed by atoms with Crippen LogP contribution in [0.5, 0.6) is 0 Å². The average molecular weight is 309 g/mol. The van der Waals surface area contributed by atoms with Crippen molar-refractivity contribution in [1.29, 1.82) is 0 Å². The van der Waals surface area contributed by atoms with Gasteiger partial charge in [0, 0.05) is 16.7 Å². The number of nitrogens with one attached hydrogen (secondary N) is 2. The van der Waals surface area contributed by atoms with Crippen molar-refractivity contribution < 1.29 is 4.79 Å². The predicted molar refractivity (Wildman–Crippen MR) is 77.1 cm³/mol. The highest BCUT2D eigenvalue weighted by atomic mass is 79.9. The number of carbonyl (C=O) groups excluding carboxylic acids is 1. The van der Waals surface area contributed by atoms with Crippen LogP contribution in [0.15, 0.2) is 34.9 Å². The summed E-state index contributed by atoms with van der Waals surface area (Å²) in [6.07, 6.45) is 8.20. The van der Waals surface area contributed by atoms with Gasteiger partial charge in [0.05, 0.1) is 0 Å². The van der Waals surface area contributed by atoms with Crippen molar-refractivity contribution in [3.63, 3.8) is 0 Å². The van der Waals surface area contributed by atoms with Gasteiger partial charge in [-0.3, -0.25) is 0 Å². The molecular formula is C14H17BrN2O. The minimum absolute atomic E-state index is 0.115. The first kappa shape index (κ1) is 13.1. The van der Waals surface area contributed by atoms with Crippen LogP contribution in [0, 0.1) is 0 Å². The van der Waals surface area contributed by atoms with E-state index in [9.17, 15) is 4.79 Å². The summed E-state index contributed by atoms with van der Waals surface area (Å²) < 4.78 is 1.05. The summed E-state index contributed by atoms with van der Waals surface area (Å²) in [6, 6.07) is 8.14. The van der Waals surface area contributed by atoms with E-state index in [0.717, 1.165) is 22.9 Å². The van der Waals surface area contributed by atoms with Gasteiger partial charge in [-0.05, 0) is 36.6 Å². The Morgan fingerprint density at radius 1 is 1.22 bits per heavy atom. The van der Waals surface area contributed by atoms with E-state index < -0.39 is 0 Å². The maximum Gasteiger partial charge on any atom is 0.318 e. The molecular weight excluding hydrogens is 292 g/mol. The normalized spacial score (nSPS) is 16.1. The smallest absolute Gasteiger partial charge is 0.318 e. The van der Waals surface area contributed by atoms with Crippen LogP contribution in [0.4, 0.5) is 4.79 Å². The summed E-state index contributed by atoms with van der Waals surface area (Å²) in [4.78, 5) is 11.6. The first-order valence-electron chi connectivity index (χ1n) is 6.23. The van der Waals surface area contributed by atoms with Crippen LogP contribution in [0.2, 0.25) is 0 Å². The summed E-state index contributed by atoms with van der Waals surface area (Å²) in [7, 11) is 0. The minimum atomic E-state index is -0.115. The van der Waals surface area contributed by atoms with Gasteiger partial charge in [-0.1, -0.05) is 40.9 Å². The first-order valence-corrected chi connectivity index (χ1v) is 7.02. The molecule has 0 saturated heterocycles. The van der Waals surface area contributed by atoms with Crippen molar-refractivity contribution in [1.82, 2.24) is 10.6 Å². The Balaban J connectivity index is 1.76. The van der Waals surface area contributed by atoms with E-state index in [-0.39, 0.29) is 6.03 Å². The lowest BCUT2D eigenvalue weighted by Gasteiger charge is -2.10. The zero-order chi connectivity index (χ0) is 12.8. The molecule has 2 rings (SSSR count). The minimum Gasteiger partial charge on any atom is -0.335 e. The van der Waals surface area contributed by atoms with Gasteiger partial charge in [-0.25, -0.2) is 4.79 Å². The molecule has 0 aromatic heterocycles. The highest BCUT2D eigenvalue weighted by molar-refractivity contribution is 9.10. The summed E-state index contributed by atoms with van der Waals surface area (Å²) >= 11 is 3.38. The topological polar surface area (TPSA) is 41.1 Å². The fraction of sp³-hybridized carbons (Fsp3) is 0.357. The molecule has 3 nitrogen and oxygen atoms in total. The van der Waals surface area contributed by atoms with Gasteiger partial charge in [0.25, 0.3) is 0 Å². The summed E-state index contributed by atoms with van der Waals surface area (Å²) in [5, 5.41) is 5.70. The van der Waals surface area contributed by atoms with Crippen molar-refractivity contribution in [2.75, 3.05) is 0 Å². The SMILES string of the molecule is O=C(N/C=C/c1ccc(Br)cc1)NC1CCCC1. The lowest BCUT2D eigenvalue weighted by Crippen LogP contribution is -2.38. The second-order valence-electron chi connectivity index (χ2n) is 4.48. The standard InChI is InChI=1S/C14H17BrN2O/c15-12-7-5-11(6-8-12)9-10-16-14(18)17-13-3-1-2-4-13/h5-10,13H,1-4H2,(H2,16,17,18)/b10-9+. The Morgan fingerprint density at radius 3 is 2.56 bits per heavy atom. The van der Waals surface area contributed by atoms with Gasteiger partial charge >= 0.3 is 6.03 Å². The van der Waals surface area contributed by atoms with Crippen LogP contribution in [0.3, 0.4) is 0 Å². The summed E-state index contributed by atoms with van der Waals surface area (Å²) in [6.45, 7) is 0. The number of rotatable bonds is 3. The molecule has 96 valence electrons. The molecule has 0 heterocycles. The Bertz CT molecular complexity index is 422. The average Bonchev–Trinajstić information content (AvgIpc) is 2.84. The zero-order valence-electron chi connectivity index (χ0n) is 10.2. The third-order valence-electron chi connectivity index (χ3n) is 3.05. The van der Waals surface area contributed by atoms with Gasteiger partial charge in [-0.15, -0.1) is 0 Å². The van der Waals surface area contributed by atoms with E-state index in [1.165, 1.54) is 12.8 Å². The van der Waals surface area contributed by atoms with Crippen LogP contribution in [-0.2, 0) is 0 Å². The fourth-order valence-corrected chi connectivity index (χ4v) is 2.35. The van der Waals surface area contributed by atoms with Gasteiger partial charge in [0.15, 0.2) is 0 Å². The molecule has 1 saturated carbocycles. The van der Waals surface area contributed by atoms with E-state index in [1.54, 1.807) is 6.20 Å². The molecule has 0 unspecified atom stereocenters. The molecule has 0 radical (unpaired) electrons. The van der Waals surface area contributed by atoms with Gasteiger partial charge < -0.3 is 10.6 Å². The molecule has 2 amide bonds. The number of hydrogen-bond donors (Lipinski definition) is 2. The molecule has 1 fully saturated rings. The lowest BCUT2D eigenvalue weighted by molar-refractivity contribution is 0.240. The Labute approximate surface area is 116 Å². The van der Waals surface area contributed by atoms with E-state index in [0.29, 0.717) is 6.04 Å². The van der Waals surface area contributed by atoms with Crippen LogP contribution >= 0.6 is 15.9 Å². The largest absolute Gasteiger partial charge is 0.335 e. The van der Waals surface area contributed by atoms with Gasteiger partial charge in [-0.2, -0.15) is 0 Å². The maximum absolute atomic E-state index is 11.6. The van der Waals surface area contributed by atoms with Crippen molar-refractivity contribution in [3.8, 4) is 0 Å². The first-order chi connectivity index (χ1) is 8.74. The van der Waals surface area contributed by atoms with E-state index in [4.69, 9.17) is 0 Å². The zero-order valence-corrected chi connectivity index (χ0v) is 11.7. The Hall–Kier alpha value is -1.29. The fourth-order valence-electron chi connectivity index (χ4n) is 2.08. The number of carbonyl (C=O) groups is 1. The van der Waals surface area contributed by atoms with Crippen LogP contribution in [-0.4, -0.2) is 12.1 Å². The van der Waals surface area contributed by atoms with Gasteiger partial charge in [0.1, 0.15) is 0 Å². The van der Waals surface area contributed by atoms with E-state index in [1.807, 2.05) is 30.3 Å². The molecule has 1 aliphatic carbocycles. The number of urea groups is 1. The molecule has 1 aromatic carbocycles. The quantitative estimate of drug-likeness (QED) is 0.879. The van der Waals surface area contributed by atoms with Crippen molar-refractivity contribution in [2.45, 2.75) is 31.7 Å². The molecule has 4 heteroatoms. The van der Waals surface area contributed by atoms with Crippen LogP contribution < -0.4 is 10.6 Å². The molecule has 1 aliphatic rings. The number of benzene rings is 1. The van der Waals surface area contributed by atoms with E-state index in [2.05, 4.69) is 26.6 Å². The Morgan fingerprint density at radius 2 is 1.89 bits per heavy atom. The molecule has 2 N–H and O–H groups in total. The lowest BCUT2D eigenvalue weighted by atomic mass is 10.2. The van der Waals surface area contributed by atoms with Crippen molar-refractivity contribution in [3.05, 3.63) is 40.5 Å². The number of amides is 2. The second kappa shape index (κ2) is 6.59. The van der Waals surface area contributed by atoms with Crippen LogP contribution in [0.25, 0.3) is 6.08 Å². The maximum atomic E-state index is 11.6. The second-order valence-corrected chi connectivity index (χ2v) is 5.40. The number of hydrogen-bond acceptors (Lipinski definition) is 1. The van der Waals surface area contributed by atoms with Crippen LogP contribution in [0.1, 0.15) is 31.2 Å². The highest BCUT2D eigenvalue weighted by Gasteiger charge is 2.16. The molecule has 0 atom stereocenters. The number of halogens is 1. The third-order valence-corrected chi connectivity index (χ3v) is 3.58. The Kier molecular flexibility index (Phi) is 4.81. The monoisotopic (exact) mass is 308 g/mol. The third kappa shape index (κ3) is 4.18. The van der Waals surface area contributed by atoms with Crippen molar-refractivity contribution in [2.24, 2.45) is 0 Å². The summed E-state index contributed by atoms with van der Waals surface area (Å²) in [5.41, 5.74) is 1.05. The highest BCUT2D eigenvalue weighted by Crippen LogP contribution is 2.17. The molecule has 0 aliphatic heterocycles. The molecule has 0 spiro atoms. The van der Waals surface area contributed by atoms with Crippen molar-refractivity contribution >= 4 is 28.0 Å². The molecule has 1 aromatic rings. The predicted octanol–water partition coefficient (Wildman–Crippen LogP) is 3.66. The van der Waals surface area contributed by atoms with E-state index >= 15 is 0 Å². The van der Waals surface area contributed by atoms with Gasteiger partial charge in [0.2, 0.25) is 0 Å². The molecule has 18 heavy (non-hydrogen) atoms. The summed E-state index contributed by atoms with van der Waals surface area (Å²) in [5.74, 6) is 0. The molecule has 0 bridgehead atoms.